The first-order valence-corrected chi connectivity index (χ1v) is 6.77. The van der Waals surface area contributed by atoms with Gasteiger partial charge in [-0.1, -0.05) is 0 Å². The van der Waals surface area contributed by atoms with Crippen LogP contribution in [-0.2, 0) is 14.4 Å². The van der Waals surface area contributed by atoms with Crippen LogP contribution in [0.1, 0.15) is 19.3 Å². The van der Waals surface area contributed by atoms with Gasteiger partial charge in [-0.05, 0) is 24.9 Å². The molecule has 0 heterocycles. The highest BCUT2D eigenvalue weighted by Gasteiger charge is 2.23. The molecule has 0 aliphatic rings. The van der Waals surface area contributed by atoms with E-state index in [2.05, 4.69) is 5.32 Å². The second-order valence-corrected chi connectivity index (χ2v) is 4.71. The number of carbonyl (C=O) groups excluding carboxylic acids is 1. The molecule has 0 aliphatic carbocycles. The summed E-state index contributed by atoms with van der Waals surface area (Å²) in [5, 5.41) is 19.6. The van der Waals surface area contributed by atoms with Crippen LogP contribution in [0.25, 0.3) is 0 Å². The molecule has 7 nitrogen and oxygen atoms in total. The van der Waals surface area contributed by atoms with Crippen LogP contribution in [0.3, 0.4) is 0 Å². The summed E-state index contributed by atoms with van der Waals surface area (Å²) < 4.78 is 0. The van der Waals surface area contributed by atoms with Crippen molar-refractivity contribution in [3.8, 4) is 0 Å². The predicted octanol–water partition coefficient (Wildman–Crippen LogP) is -0.499. The number of carboxylic acids is 2. The van der Waals surface area contributed by atoms with Gasteiger partial charge in [-0.2, -0.15) is 11.8 Å². The van der Waals surface area contributed by atoms with Gasteiger partial charge < -0.3 is 21.3 Å². The van der Waals surface area contributed by atoms with E-state index >= 15 is 0 Å². The highest BCUT2D eigenvalue weighted by molar-refractivity contribution is 7.98. The zero-order valence-corrected chi connectivity index (χ0v) is 10.9. The molecule has 8 heteroatoms. The highest BCUT2D eigenvalue weighted by Crippen LogP contribution is 2.02. The Kier molecular flexibility index (Phi) is 8.14. The van der Waals surface area contributed by atoms with Crippen molar-refractivity contribution in [2.45, 2.75) is 31.3 Å². The third kappa shape index (κ3) is 7.13. The first kappa shape index (κ1) is 16.7. The van der Waals surface area contributed by atoms with E-state index in [9.17, 15) is 14.4 Å². The van der Waals surface area contributed by atoms with Gasteiger partial charge in [0.25, 0.3) is 0 Å². The van der Waals surface area contributed by atoms with E-state index in [-0.39, 0.29) is 12.8 Å². The average Bonchev–Trinajstić information content (AvgIpc) is 2.30. The zero-order valence-electron chi connectivity index (χ0n) is 10.1. The molecule has 0 rings (SSSR count). The lowest BCUT2D eigenvalue weighted by atomic mass is 10.1. The minimum absolute atomic E-state index is 0.161. The molecular weight excluding hydrogens is 260 g/mol. The second kappa shape index (κ2) is 8.76. The average molecular weight is 278 g/mol. The molecule has 0 aromatic carbocycles. The molecule has 0 radical (unpaired) electrons. The number of amides is 1. The standard InChI is InChI=1S/C10H18N2O5S/c1-18-5-4-6(11)9(15)12-7(10(16)17)2-3-8(13)14/h6-7H,2-5,11H2,1H3,(H,12,15)(H,13,14)(H,16,17)/t6-,7+/m1/s1. The molecule has 0 saturated carbocycles. The molecular formula is C10H18N2O5S. The molecule has 2 atom stereocenters. The minimum Gasteiger partial charge on any atom is -0.481 e. The summed E-state index contributed by atoms with van der Waals surface area (Å²) in [5.41, 5.74) is 5.57. The van der Waals surface area contributed by atoms with Crippen molar-refractivity contribution >= 4 is 29.6 Å². The molecule has 18 heavy (non-hydrogen) atoms. The molecule has 0 fully saturated rings. The van der Waals surface area contributed by atoms with Crippen LogP contribution >= 0.6 is 11.8 Å². The van der Waals surface area contributed by atoms with Crippen LogP contribution in [0, 0.1) is 0 Å². The highest BCUT2D eigenvalue weighted by atomic mass is 32.2. The van der Waals surface area contributed by atoms with Crippen molar-refractivity contribution in [1.29, 1.82) is 0 Å². The number of rotatable bonds is 9. The molecule has 0 aliphatic heterocycles. The number of aliphatic carboxylic acids is 2. The monoisotopic (exact) mass is 278 g/mol. The number of nitrogens with one attached hydrogen (secondary N) is 1. The molecule has 0 aromatic heterocycles. The predicted molar refractivity (Wildman–Crippen MR) is 67.4 cm³/mol. The third-order valence-corrected chi connectivity index (χ3v) is 2.88. The van der Waals surface area contributed by atoms with Crippen molar-refractivity contribution < 1.29 is 24.6 Å². The van der Waals surface area contributed by atoms with Gasteiger partial charge in [0.15, 0.2) is 0 Å². The van der Waals surface area contributed by atoms with Gasteiger partial charge >= 0.3 is 11.9 Å². The van der Waals surface area contributed by atoms with Crippen molar-refractivity contribution in [3.63, 3.8) is 0 Å². The topological polar surface area (TPSA) is 130 Å². The maximum Gasteiger partial charge on any atom is 0.326 e. The summed E-state index contributed by atoms with van der Waals surface area (Å²) >= 11 is 1.53. The zero-order chi connectivity index (χ0) is 14.1. The SMILES string of the molecule is CSCC[C@@H](N)C(=O)N[C@@H](CCC(=O)O)C(=O)O. The number of carboxylic acid groups (broad SMARTS) is 2. The fourth-order valence-electron chi connectivity index (χ4n) is 1.18. The Morgan fingerprint density at radius 1 is 1.28 bits per heavy atom. The van der Waals surface area contributed by atoms with E-state index in [0.29, 0.717) is 12.2 Å². The van der Waals surface area contributed by atoms with Gasteiger partial charge in [0.2, 0.25) is 5.91 Å². The van der Waals surface area contributed by atoms with Crippen LogP contribution in [0.15, 0.2) is 0 Å². The fourth-order valence-corrected chi connectivity index (χ4v) is 1.67. The molecule has 0 aromatic rings. The van der Waals surface area contributed by atoms with Gasteiger partial charge in [0, 0.05) is 6.42 Å². The molecule has 1 amide bonds. The van der Waals surface area contributed by atoms with Gasteiger partial charge in [-0.3, -0.25) is 9.59 Å². The maximum atomic E-state index is 11.6. The number of thioether (sulfide) groups is 1. The van der Waals surface area contributed by atoms with Gasteiger partial charge in [0.1, 0.15) is 6.04 Å². The molecule has 0 spiro atoms. The van der Waals surface area contributed by atoms with Crippen molar-refractivity contribution in [1.82, 2.24) is 5.32 Å². The van der Waals surface area contributed by atoms with Crippen molar-refractivity contribution in [2.24, 2.45) is 5.73 Å². The number of carbonyl (C=O) groups is 3. The van der Waals surface area contributed by atoms with Crippen molar-refractivity contribution in [2.75, 3.05) is 12.0 Å². The van der Waals surface area contributed by atoms with Crippen LogP contribution in [0.2, 0.25) is 0 Å². The maximum absolute atomic E-state index is 11.6. The summed E-state index contributed by atoms with van der Waals surface area (Å²) in [6, 6.07) is -1.99. The Morgan fingerprint density at radius 3 is 2.33 bits per heavy atom. The summed E-state index contributed by atoms with van der Waals surface area (Å²) in [6.45, 7) is 0. The van der Waals surface area contributed by atoms with Gasteiger partial charge in [-0.25, -0.2) is 4.79 Å². The van der Waals surface area contributed by atoms with Crippen LogP contribution < -0.4 is 11.1 Å². The van der Waals surface area contributed by atoms with Gasteiger partial charge in [-0.15, -0.1) is 0 Å². The Labute approximate surface area is 109 Å². The fraction of sp³-hybridized carbons (Fsp3) is 0.700. The Bertz CT molecular complexity index is 311. The minimum atomic E-state index is -1.26. The van der Waals surface area contributed by atoms with E-state index in [1.54, 1.807) is 0 Å². The largest absolute Gasteiger partial charge is 0.481 e. The third-order valence-electron chi connectivity index (χ3n) is 2.23. The van der Waals surface area contributed by atoms with Crippen LogP contribution in [0.5, 0.6) is 0 Å². The first-order valence-electron chi connectivity index (χ1n) is 5.38. The molecule has 0 saturated heterocycles. The lowest BCUT2D eigenvalue weighted by molar-refractivity contribution is -0.143. The summed E-state index contributed by atoms with van der Waals surface area (Å²) in [7, 11) is 0. The van der Waals surface area contributed by atoms with E-state index in [4.69, 9.17) is 15.9 Å². The lowest BCUT2D eigenvalue weighted by Gasteiger charge is -2.16. The molecule has 104 valence electrons. The molecule has 0 bridgehead atoms. The van der Waals surface area contributed by atoms with E-state index in [1.165, 1.54) is 11.8 Å². The van der Waals surface area contributed by atoms with E-state index in [0.717, 1.165) is 0 Å². The van der Waals surface area contributed by atoms with E-state index < -0.39 is 29.9 Å². The Morgan fingerprint density at radius 2 is 1.89 bits per heavy atom. The summed E-state index contributed by atoms with van der Waals surface area (Å²) in [4.78, 5) is 32.7. The molecule has 0 unspecified atom stereocenters. The first-order chi connectivity index (χ1) is 8.38. The quantitative estimate of drug-likeness (QED) is 0.447. The summed E-state index contributed by atoms with van der Waals surface area (Å²) in [5.74, 6) is -2.24. The van der Waals surface area contributed by atoms with Crippen molar-refractivity contribution in [3.05, 3.63) is 0 Å². The summed E-state index contributed by atoms with van der Waals surface area (Å²) in [6.07, 6.45) is 1.83. The number of nitrogens with two attached hydrogens (primary N) is 1. The van der Waals surface area contributed by atoms with Crippen LogP contribution in [0.4, 0.5) is 0 Å². The lowest BCUT2D eigenvalue weighted by Crippen LogP contribution is -2.48. The van der Waals surface area contributed by atoms with E-state index in [1.807, 2.05) is 6.26 Å². The van der Waals surface area contributed by atoms with Gasteiger partial charge in [0.05, 0.1) is 6.04 Å². The number of hydrogen-bond acceptors (Lipinski definition) is 5. The second-order valence-electron chi connectivity index (χ2n) is 3.72. The number of hydrogen-bond donors (Lipinski definition) is 4. The normalized spacial score (nSPS) is 13.7. The Hall–Kier alpha value is -1.28. The Balaban J connectivity index is 4.26. The molecule has 5 N–H and O–H groups in total. The smallest absolute Gasteiger partial charge is 0.326 e. The van der Waals surface area contributed by atoms with Crippen LogP contribution in [-0.4, -0.2) is 52.2 Å².